The highest BCUT2D eigenvalue weighted by atomic mass is 15.2. The Morgan fingerprint density at radius 2 is 2.00 bits per heavy atom. The third kappa shape index (κ3) is 4.74. The maximum atomic E-state index is 3.82. The maximum Gasteiger partial charge on any atom is 0.0369 e. The molecule has 1 aliphatic carbocycles. The predicted octanol–water partition coefficient (Wildman–Crippen LogP) is 4.38. The van der Waals surface area contributed by atoms with Crippen molar-refractivity contribution in [3.63, 3.8) is 0 Å². The lowest BCUT2D eigenvalue weighted by Gasteiger charge is -2.32. The number of benzene rings is 1. The third-order valence-corrected chi connectivity index (χ3v) is 4.79. The fourth-order valence-corrected chi connectivity index (χ4v) is 3.55. The van der Waals surface area contributed by atoms with Gasteiger partial charge in [0.2, 0.25) is 0 Å². The first-order valence-electron chi connectivity index (χ1n) is 8.79. The van der Waals surface area contributed by atoms with Gasteiger partial charge in [0, 0.05) is 24.8 Å². The summed E-state index contributed by atoms with van der Waals surface area (Å²) in [6, 6.07) is 9.57. The molecule has 1 aromatic carbocycles. The molecule has 0 aliphatic heterocycles. The molecule has 1 unspecified atom stereocenters. The summed E-state index contributed by atoms with van der Waals surface area (Å²) in [6.45, 7) is 10.1. The van der Waals surface area contributed by atoms with Crippen LogP contribution in [0.2, 0.25) is 0 Å². The Bertz CT molecular complexity index is 410. The van der Waals surface area contributed by atoms with Crippen LogP contribution in [0.15, 0.2) is 24.3 Å². The number of nitrogens with zero attached hydrogens (tertiary/aromatic N) is 1. The lowest BCUT2D eigenvalue weighted by atomic mass is 9.97. The van der Waals surface area contributed by atoms with Crippen LogP contribution in [0.5, 0.6) is 0 Å². The van der Waals surface area contributed by atoms with Gasteiger partial charge in [0.05, 0.1) is 0 Å². The molecule has 1 fully saturated rings. The van der Waals surface area contributed by atoms with Gasteiger partial charge >= 0.3 is 0 Å². The lowest BCUT2D eigenvalue weighted by Crippen LogP contribution is -2.45. The van der Waals surface area contributed by atoms with Gasteiger partial charge in [-0.05, 0) is 63.3 Å². The quantitative estimate of drug-likeness (QED) is 0.763. The van der Waals surface area contributed by atoms with E-state index >= 15 is 0 Å². The molecule has 2 heteroatoms. The number of likely N-dealkylation sites (N-methyl/N-ethyl adjacent to an activating group) is 1. The van der Waals surface area contributed by atoms with Crippen molar-refractivity contribution in [1.29, 1.82) is 0 Å². The van der Waals surface area contributed by atoms with Crippen LogP contribution in [0.25, 0.3) is 0 Å². The van der Waals surface area contributed by atoms with E-state index in [9.17, 15) is 0 Å². The molecule has 21 heavy (non-hydrogen) atoms. The van der Waals surface area contributed by atoms with E-state index in [1.807, 2.05) is 0 Å². The van der Waals surface area contributed by atoms with Crippen LogP contribution in [-0.2, 0) is 0 Å². The van der Waals surface area contributed by atoms with Gasteiger partial charge in [-0.3, -0.25) is 0 Å². The standard InChI is InChI=1S/C19H32N2/c1-4-13-20-19(17-10-6-7-11-17)15-21(5-2)18-12-8-9-16(3)14-18/h8-9,12,14,17,19-20H,4-7,10-11,13,15H2,1-3H3. The van der Waals surface area contributed by atoms with E-state index in [0.29, 0.717) is 6.04 Å². The van der Waals surface area contributed by atoms with Gasteiger partial charge in [-0.2, -0.15) is 0 Å². The highest BCUT2D eigenvalue weighted by Gasteiger charge is 2.26. The van der Waals surface area contributed by atoms with Gasteiger partial charge in [-0.15, -0.1) is 0 Å². The number of aryl methyl sites for hydroxylation is 1. The SMILES string of the molecule is CCCNC(CN(CC)c1cccc(C)c1)C1CCCC1. The molecule has 118 valence electrons. The Kier molecular flexibility index (Phi) is 6.56. The van der Waals surface area contributed by atoms with Gasteiger partial charge in [-0.1, -0.05) is 31.9 Å². The molecular formula is C19H32N2. The molecule has 2 nitrogen and oxygen atoms in total. The van der Waals surface area contributed by atoms with Crippen LogP contribution in [0, 0.1) is 12.8 Å². The average molecular weight is 288 g/mol. The summed E-state index contributed by atoms with van der Waals surface area (Å²) < 4.78 is 0. The van der Waals surface area contributed by atoms with Crippen LogP contribution in [-0.4, -0.2) is 25.7 Å². The van der Waals surface area contributed by atoms with Crippen LogP contribution in [0.1, 0.15) is 51.5 Å². The summed E-state index contributed by atoms with van der Waals surface area (Å²) in [4.78, 5) is 2.54. The molecule has 0 amide bonds. The topological polar surface area (TPSA) is 15.3 Å². The fraction of sp³-hybridized carbons (Fsp3) is 0.684. The number of hydrogen-bond acceptors (Lipinski definition) is 2. The number of hydrogen-bond donors (Lipinski definition) is 1. The van der Waals surface area contributed by atoms with Gasteiger partial charge in [-0.25, -0.2) is 0 Å². The fourth-order valence-electron chi connectivity index (χ4n) is 3.55. The van der Waals surface area contributed by atoms with E-state index in [2.05, 4.69) is 55.3 Å². The van der Waals surface area contributed by atoms with Crippen molar-refractivity contribution in [3.8, 4) is 0 Å². The second-order valence-electron chi connectivity index (χ2n) is 6.48. The lowest BCUT2D eigenvalue weighted by molar-refractivity contribution is 0.359. The molecule has 0 saturated heterocycles. The molecular weight excluding hydrogens is 256 g/mol. The monoisotopic (exact) mass is 288 g/mol. The summed E-state index contributed by atoms with van der Waals surface area (Å²) in [7, 11) is 0. The van der Waals surface area contributed by atoms with Gasteiger partial charge < -0.3 is 10.2 Å². The van der Waals surface area contributed by atoms with E-state index in [1.165, 1.54) is 43.4 Å². The van der Waals surface area contributed by atoms with E-state index < -0.39 is 0 Å². The molecule has 0 bridgehead atoms. The van der Waals surface area contributed by atoms with E-state index in [4.69, 9.17) is 0 Å². The molecule has 2 rings (SSSR count). The second kappa shape index (κ2) is 8.43. The van der Waals surface area contributed by atoms with Gasteiger partial charge in [0.1, 0.15) is 0 Å². The predicted molar refractivity (Wildman–Crippen MR) is 93.1 cm³/mol. The Morgan fingerprint density at radius 1 is 1.24 bits per heavy atom. The maximum absolute atomic E-state index is 3.82. The largest absolute Gasteiger partial charge is 0.370 e. The summed E-state index contributed by atoms with van der Waals surface area (Å²) in [5, 5.41) is 3.82. The molecule has 1 aromatic rings. The Morgan fingerprint density at radius 3 is 2.62 bits per heavy atom. The zero-order valence-electron chi connectivity index (χ0n) is 14.1. The van der Waals surface area contributed by atoms with Crippen molar-refractivity contribution in [2.45, 2.75) is 58.9 Å². The van der Waals surface area contributed by atoms with Crippen LogP contribution in [0.4, 0.5) is 5.69 Å². The van der Waals surface area contributed by atoms with Crippen molar-refractivity contribution < 1.29 is 0 Å². The minimum Gasteiger partial charge on any atom is -0.370 e. The Balaban J connectivity index is 2.04. The highest BCUT2D eigenvalue weighted by Crippen LogP contribution is 2.29. The smallest absolute Gasteiger partial charge is 0.0369 e. The zero-order valence-corrected chi connectivity index (χ0v) is 14.1. The minimum absolute atomic E-state index is 0.646. The molecule has 0 radical (unpaired) electrons. The number of nitrogens with one attached hydrogen (secondary N) is 1. The normalized spacial score (nSPS) is 17.1. The van der Waals surface area contributed by atoms with Crippen molar-refractivity contribution in [2.75, 3.05) is 24.5 Å². The van der Waals surface area contributed by atoms with Crippen molar-refractivity contribution in [2.24, 2.45) is 5.92 Å². The van der Waals surface area contributed by atoms with Gasteiger partial charge in [0.25, 0.3) is 0 Å². The third-order valence-electron chi connectivity index (χ3n) is 4.79. The first-order valence-corrected chi connectivity index (χ1v) is 8.79. The Hall–Kier alpha value is -1.02. The van der Waals surface area contributed by atoms with Crippen LogP contribution in [0.3, 0.4) is 0 Å². The summed E-state index contributed by atoms with van der Waals surface area (Å²) in [6.07, 6.45) is 6.89. The zero-order chi connectivity index (χ0) is 15.1. The van der Waals surface area contributed by atoms with Crippen molar-refractivity contribution in [3.05, 3.63) is 29.8 Å². The first-order chi connectivity index (χ1) is 10.2. The molecule has 1 saturated carbocycles. The summed E-state index contributed by atoms with van der Waals surface area (Å²) in [5.41, 5.74) is 2.73. The second-order valence-corrected chi connectivity index (χ2v) is 6.48. The molecule has 1 aliphatic rings. The molecule has 1 N–H and O–H groups in total. The summed E-state index contributed by atoms with van der Waals surface area (Å²) in [5.74, 6) is 0.871. The van der Waals surface area contributed by atoms with E-state index in [0.717, 1.165) is 25.6 Å². The van der Waals surface area contributed by atoms with Gasteiger partial charge in [0.15, 0.2) is 0 Å². The number of rotatable bonds is 8. The highest BCUT2D eigenvalue weighted by molar-refractivity contribution is 5.48. The number of anilines is 1. The molecule has 0 spiro atoms. The molecule has 0 heterocycles. The van der Waals surface area contributed by atoms with Crippen molar-refractivity contribution in [1.82, 2.24) is 5.32 Å². The van der Waals surface area contributed by atoms with Crippen LogP contribution < -0.4 is 10.2 Å². The van der Waals surface area contributed by atoms with E-state index in [1.54, 1.807) is 0 Å². The van der Waals surface area contributed by atoms with Crippen molar-refractivity contribution >= 4 is 5.69 Å². The minimum atomic E-state index is 0.646. The summed E-state index contributed by atoms with van der Waals surface area (Å²) >= 11 is 0. The first kappa shape index (κ1) is 16.4. The Labute approximate surface area is 130 Å². The van der Waals surface area contributed by atoms with Crippen LogP contribution >= 0.6 is 0 Å². The average Bonchev–Trinajstić information content (AvgIpc) is 3.02. The molecule has 1 atom stereocenters. The molecule has 0 aromatic heterocycles. The van der Waals surface area contributed by atoms with E-state index in [-0.39, 0.29) is 0 Å².